The second-order valence-corrected chi connectivity index (χ2v) is 6.34. The third-order valence-corrected chi connectivity index (χ3v) is 4.42. The highest BCUT2D eigenvalue weighted by atomic mass is 16.5. The number of nitrogens with two attached hydrogens (primary N) is 1. The molecule has 1 heterocycles. The summed E-state index contributed by atoms with van der Waals surface area (Å²) in [6, 6.07) is 0. The molecule has 2 unspecified atom stereocenters. The minimum Gasteiger partial charge on any atom is -0.337 e. The van der Waals surface area contributed by atoms with E-state index in [9.17, 15) is 0 Å². The fourth-order valence-electron chi connectivity index (χ4n) is 2.87. The predicted molar refractivity (Wildman–Crippen MR) is 64.4 cm³/mol. The molecule has 2 atom stereocenters. The molecule has 0 aliphatic heterocycles. The van der Waals surface area contributed by atoms with Gasteiger partial charge in [0.05, 0.1) is 5.54 Å². The zero-order chi connectivity index (χ0) is 12.1. The van der Waals surface area contributed by atoms with Gasteiger partial charge in [-0.2, -0.15) is 4.98 Å². The highest BCUT2D eigenvalue weighted by Gasteiger charge is 2.45. The average molecular weight is 235 g/mol. The van der Waals surface area contributed by atoms with Gasteiger partial charge in [0.2, 0.25) is 5.89 Å². The first kappa shape index (κ1) is 11.2. The van der Waals surface area contributed by atoms with Crippen LogP contribution in [0.4, 0.5) is 0 Å². The van der Waals surface area contributed by atoms with Gasteiger partial charge >= 0.3 is 0 Å². The molecule has 17 heavy (non-hydrogen) atoms. The standard InChI is InChI=1S/C13H21N3O/c1-9-4-3-5-13(14,8-9)11-15-10(16-17-11)12(2)6-7-12/h9H,3-8,14H2,1-2H3. The van der Waals surface area contributed by atoms with Gasteiger partial charge in [0.25, 0.3) is 0 Å². The van der Waals surface area contributed by atoms with Crippen molar-refractivity contribution in [2.45, 2.75) is 63.3 Å². The zero-order valence-electron chi connectivity index (χ0n) is 10.7. The zero-order valence-corrected chi connectivity index (χ0v) is 10.7. The van der Waals surface area contributed by atoms with Crippen molar-refractivity contribution in [2.24, 2.45) is 11.7 Å². The maximum Gasteiger partial charge on any atom is 0.246 e. The molecule has 1 aromatic heterocycles. The van der Waals surface area contributed by atoms with Crippen molar-refractivity contribution in [3.8, 4) is 0 Å². The fraction of sp³-hybridized carbons (Fsp3) is 0.846. The van der Waals surface area contributed by atoms with Crippen LogP contribution < -0.4 is 5.73 Å². The van der Waals surface area contributed by atoms with Crippen LogP contribution >= 0.6 is 0 Å². The second kappa shape index (κ2) is 3.55. The summed E-state index contributed by atoms with van der Waals surface area (Å²) in [4.78, 5) is 4.57. The molecule has 4 nitrogen and oxygen atoms in total. The maximum atomic E-state index is 6.45. The van der Waals surface area contributed by atoms with Crippen LogP contribution in [0.15, 0.2) is 4.52 Å². The molecule has 0 bridgehead atoms. The first-order valence-corrected chi connectivity index (χ1v) is 6.65. The van der Waals surface area contributed by atoms with Crippen molar-refractivity contribution in [2.75, 3.05) is 0 Å². The molecule has 2 N–H and O–H groups in total. The normalized spacial score (nSPS) is 35.8. The van der Waals surface area contributed by atoms with E-state index in [4.69, 9.17) is 10.3 Å². The molecule has 4 heteroatoms. The summed E-state index contributed by atoms with van der Waals surface area (Å²) in [5.41, 5.74) is 6.24. The van der Waals surface area contributed by atoms with E-state index in [2.05, 4.69) is 24.0 Å². The number of nitrogens with zero attached hydrogens (tertiary/aromatic N) is 2. The highest BCUT2D eigenvalue weighted by molar-refractivity contribution is 5.16. The van der Waals surface area contributed by atoms with Crippen LogP contribution in [-0.2, 0) is 11.0 Å². The lowest BCUT2D eigenvalue weighted by Crippen LogP contribution is -2.41. The molecule has 0 aromatic carbocycles. The summed E-state index contributed by atoms with van der Waals surface area (Å²) < 4.78 is 5.44. The molecule has 0 spiro atoms. The molecule has 0 saturated heterocycles. The van der Waals surface area contributed by atoms with Gasteiger partial charge in [-0.3, -0.25) is 0 Å². The monoisotopic (exact) mass is 235 g/mol. The molecule has 2 aliphatic rings. The van der Waals surface area contributed by atoms with Crippen molar-refractivity contribution >= 4 is 0 Å². The van der Waals surface area contributed by atoms with Crippen LogP contribution in [0.1, 0.15) is 64.1 Å². The third-order valence-electron chi connectivity index (χ3n) is 4.42. The lowest BCUT2D eigenvalue weighted by Gasteiger charge is -2.33. The molecular weight excluding hydrogens is 214 g/mol. The SMILES string of the molecule is CC1CCCC(N)(c2nc(C3(C)CC3)no2)C1. The van der Waals surface area contributed by atoms with Crippen molar-refractivity contribution in [3.05, 3.63) is 11.7 Å². The van der Waals surface area contributed by atoms with Gasteiger partial charge in [-0.25, -0.2) is 0 Å². The number of rotatable bonds is 2. The summed E-state index contributed by atoms with van der Waals surface area (Å²) in [5, 5.41) is 4.13. The van der Waals surface area contributed by atoms with Gasteiger partial charge in [0, 0.05) is 5.41 Å². The third kappa shape index (κ3) is 1.88. The predicted octanol–water partition coefficient (Wildman–Crippen LogP) is 2.49. The molecule has 2 aliphatic carbocycles. The first-order chi connectivity index (χ1) is 8.02. The van der Waals surface area contributed by atoms with Gasteiger partial charge in [-0.05, 0) is 31.6 Å². The van der Waals surface area contributed by atoms with E-state index in [0.29, 0.717) is 11.8 Å². The Hall–Kier alpha value is -0.900. The van der Waals surface area contributed by atoms with Crippen molar-refractivity contribution in [1.29, 1.82) is 0 Å². The van der Waals surface area contributed by atoms with Gasteiger partial charge in [0.15, 0.2) is 5.82 Å². The van der Waals surface area contributed by atoms with E-state index in [1.54, 1.807) is 0 Å². The van der Waals surface area contributed by atoms with Gasteiger partial charge in [-0.15, -0.1) is 0 Å². The molecule has 0 amide bonds. The van der Waals surface area contributed by atoms with E-state index < -0.39 is 0 Å². The van der Waals surface area contributed by atoms with Crippen LogP contribution in [0, 0.1) is 5.92 Å². The van der Waals surface area contributed by atoms with Crippen LogP contribution in [0.25, 0.3) is 0 Å². The molecule has 0 radical (unpaired) electrons. The van der Waals surface area contributed by atoms with Gasteiger partial charge in [-0.1, -0.05) is 31.8 Å². The molecule has 2 saturated carbocycles. The van der Waals surface area contributed by atoms with Gasteiger partial charge in [0.1, 0.15) is 0 Å². The Labute approximate surface area is 102 Å². The second-order valence-electron chi connectivity index (χ2n) is 6.34. The van der Waals surface area contributed by atoms with E-state index >= 15 is 0 Å². The van der Waals surface area contributed by atoms with Crippen molar-refractivity contribution in [3.63, 3.8) is 0 Å². The summed E-state index contributed by atoms with van der Waals surface area (Å²) in [6.45, 7) is 4.44. The summed E-state index contributed by atoms with van der Waals surface area (Å²) in [7, 11) is 0. The Morgan fingerprint density at radius 1 is 1.35 bits per heavy atom. The molecule has 1 aromatic rings. The van der Waals surface area contributed by atoms with Crippen molar-refractivity contribution in [1.82, 2.24) is 10.1 Å². The lowest BCUT2D eigenvalue weighted by molar-refractivity contribution is 0.183. The quantitative estimate of drug-likeness (QED) is 0.855. The molecule has 2 fully saturated rings. The summed E-state index contributed by atoms with van der Waals surface area (Å²) in [6.07, 6.45) is 6.69. The minimum absolute atomic E-state index is 0.165. The Morgan fingerprint density at radius 3 is 2.76 bits per heavy atom. The van der Waals surface area contributed by atoms with E-state index in [1.807, 2.05) is 0 Å². The molecule has 94 valence electrons. The number of hydrogen-bond donors (Lipinski definition) is 1. The highest BCUT2D eigenvalue weighted by Crippen LogP contribution is 2.47. The van der Waals surface area contributed by atoms with Crippen LogP contribution in [0.3, 0.4) is 0 Å². The minimum atomic E-state index is -0.381. The smallest absolute Gasteiger partial charge is 0.246 e. The molecular formula is C13H21N3O. The summed E-state index contributed by atoms with van der Waals surface area (Å²) >= 11 is 0. The Bertz CT molecular complexity index is 424. The average Bonchev–Trinajstić information content (AvgIpc) is 2.82. The Kier molecular flexibility index (Phi) is 2.34. The maximum absolute atomic E-state index is 6.45. The Morgan fingerprint density at radius 2 is 2.12 bits per heavy atom. The lowest BCUT2D eigenvalue weighted by atomic mass is 9.77. The number of hydrogen-bond acceptors (Lipinski definition) is 4. The topological polar surface area (TPSA) is 64.9 Å². The van der Waals surface area contributed by atoms with Crippen LogP contribution in [0.2, 0.25) is 0 Å². The van der Waals surface area contributed by atoms with E-state index in [0.717, 1.165) is 25.1 Å². The Balaban J connectivity index is 1.85. The first-order valence-electron chi connectivity index (χ1n) is 6.65. The van der Waals surface area contributed by atoms with Gasteiger partial charge < -0.3 is 10.3 Å². The summed E-state index contributed by atoms with van der Waals surface area (Å²) in [5.74, 6) is 2.17. The largest absolute Gasteiger partial charge is 0.337 e. The molecule has 3 rings (SSSR count). The van der Waals surface area contributed by atoms with E-state index in [1.165, 1.54) is 19.3 Å². The van der Waals surface area contributed by atoms with E-state index in [-0.39, 0.29) is 11.0 Å². The van der Waals surface area contributed by atoms with Crippen LogP contribution in [0.5, 0.6) is 0 Å². The van der Waals surface area contributed by atoms with Crippen molar-refractivity contribution < 1.29 is 4.52 Å². The fourth-order valence-corrected chi connectivity index (χ4v) is 2.87. The van der Waals surface area contributed by atoms with Crippen LogP contribution in [-0.4, -0.2) is 10.1 Å². The number of aromatic nitrogens is 2.